The number of hydrogen-bond acceptors (Lipinski definition) is 5. The van der Waals surface area contributed by atoms with Gasteiger partial charge in [-0.3, -0.25) is 0 Å². The number of benzene rings is 1. The Morgan fingerprint density at radius 1 is 1.28 bits per heavy atom. The van der Waals surface area contributed by atoms with Crippen LogP contribution >= 0.6 is 0 Å². The predicted molar refractivity (Wildman–Crippen MR) is 68.5 cm³/mol. The molecule has 5 heteroatoms. The minimum absolute atomic E-state index is 0.532. The second kappa shape index (κ2) is 5.86. The summed E-state index contributed by atoms with van der Waals surface area (Å²) in [6.07, 6.45) is 3.05. The average molecular weight is 242 g/mol. The first-order chi connectivity index (χ1) is 8.85. The van der Waals surface area contributed by atoms with Crippen LogP contribution < -0.4 is 0 Å². The van der Waals surface area contributed by atoms with Gasteiger partial charge in [0.2, 0.25) is 0 Å². The largest absolute Gasteiger partial charge is 0.411 e. The van der Waals surface area contributed by atoms with E-state index in [1.54, 1.807) is 0 Å². The van der Waals surface area contributed by atoms with Crippen molar-refractivity contribution >= 4 is 5.71 Å². The van der Waals surface area contributed by atoms with Gasteiger partial charge in [0.1, 0.15) is 11.4 Å². The molecular weight excluding hydrogens is 228 g/mol. The van der Waals surface area contributed by atoms with Crippen LogP contribution in [0.4, 0.5) is 0 Å². The molecule has 1 N–H and O–H groups in total. The molecule has 0 aliphatic carbocycles. The fraction of sp³-hybridized carbons (Fsp3) is 0.231. The van der Waals surface area contributed by atoms with Gasteiger partial charge in [-0.25, -0.2) is 4.98 Å². The van der Waals surface area contributed by atoms with Crippen molar-refractivity contribution in [2.75, 3.05) is 0 Å². The number of nitrogens with zero attached hydrogens (tertiary/aromatic N) is 4. The second-order valence-corrected chi connectivity index (χ2v) is 3.83. The van der Waals surface area contributed by atoms with E-state index in [-0.39, 0.29) is 0 Å². The van der Waals surface area contributed by atoms with Crippen LogP contribution in [0.15, 0.2) is 41.7 Å². The smallest absolute Gasteiger partial charge is 0.182 e. The van der Waals surface area contributed by atoms with Crippen molar-refractivity contribution in [3.8, 4) is 11.4 Å². The summed E-state index contributed by atoms with van der Waals surface area (Å²) in [4.78, 5) is 4.37. The van der Waals surface area contributed by atoms with E-state index in [0.717, 1.165) is 12.0 Å². The minimum Gasteiger partial charge on any atom is -0.411 e. The Hall–Kier alpha value is -2.30. The summed E-state index contributed by atoms with van der Waals surface area (Å²) < 4.78 is 0. The molecule has 5 nitrogen and oxygen atoms in total. The zero-order valence-corrected chi connectivity index (χ0v) is 10.1. The van der Waals surface area contributed by atoms with Crippen molar-refractivity contribution in [1.82, 2.24) is 15.2 Å². The van der Waals surface area contributed by atoms with Crippen LogP contribution in [0.5, 0.6) is 0 Å². The molecule has 1 aromatic heterocycles. The van der Waals surface area contributed by atoms with Gasteiger partial charge < -0.3 is 5.21 Å². The third kappa shape index (κ3) is 2.68. The molecule has 0 spiro atoms. The molecule has 0 amide bonds. The van der Waals surface area contributed by atoms with Gasteiger partial charge in [0.15, 0.2) is 5.82 Å². The van der Waals surface area contributed by atoms with E-state index in [1.165, 1.54) is 6.20 Å². The first-order valence-corrected chi connectivity index (χ1v) is 5.81. The van der Waals surface area contributed by atoms with Crippen molar-refractivity contribution in [1.29, 1.82) is 0 Å². The van der Waals surface area contributed by atoms with Gasteiger partial charge in [-0.05, 0) is 6.42 Å². The molecule has 1 heterocycles. The van der Waals surface area contributed by atoms with Gasteiger partial charge in [-0.2, -0.15) is 5.10 Å². The normalized spacial score (nSPS) is 11.5. The lowest BCUT2D eigenvalue weighted by atomic mass is 10.1. The third-order valence-corrected chi connectivity index (χ3v) is 2.49. The fourth-order valence-electron chi connectivity index (χ4n) is 1.62. The van der Waals surface area contributed by atoms with Crippen molar-refractivity contribution in [2.24, 2.45) is 5.16 Å². The Bertz CT molecular complexity index is 540. The quantitative estimate of drug-likeness (QED) is 0.508. The molecule has 18 heavy (non-hydrogen) atoms. The van der Waals surface area contributed by atoms with Crippen molar-refractivity contribution in [2.45, 2.75) is 19.8 Å². The van der Waals surface area contributed by atoms with Crippen LogP contribution in [-0.4, -0.2) is 26.1 Å². The molecule has 0 unspecified atom stereocenters. The summed E-state index contributed by atoms with van der Waals surface area (Å²) in [6.45, 7) is 2.01. The number of aromatic nitrogens is 3. The van der Waals surface area contributed by atoms with E-state index >= 15 is 0 Å². The molecule has 2 rings (SSSR count). The summed E-state index contributed by atoms with van der Waals surface area (Å²) in [5.74, 6) is 0.533. The van der Waals surface area contributed by atoms with Gasteiger partial charge >= 0.3 is 0 Å². The molecule has 0 bridgehead atoms. The molecule has 0 saturated heterocycles. The SMILES string of the molecule is CCC/C(=N/O)c1cnnc(-c2ccccc2)n1. The van der Waals surface area contributed by atoms with Crippen LogP contribution in [0.1, 0.15) is 25.5 Å². The number of rotatable bonds is 4. The molecule has 0 aliphatic rings. The Morgan fingerprint density at radius 3 is 2.72 bits per heavy atom. The van der Waals surface area contributed by atoms with Crippen molar-refractivity contribution < 1.29 is 5.21 Å². The number of hydrogen-bond donors (Lipinski definition) is 1. The van der Waals surface area contributed by atoms with Crippen LogP contribution in [-0.2, 0) is 0 Å². The van der Waals surface area contributed by atoms with Crippen LogP contribution in [0.3, 0.4) is 0 Å². The lowest BCUT2D eigenvalue weighted by Crippen LogP contribution is -2.06. The minimum atomic E-state index is 0.532. The maximum absolute atomic E-state index is 8.97. The molecular formula is C13H14N4O. The number of oxime groups is 1. The molecule has 0 atom stereocenters. The van der Waals surface area contributed by atoms with E-state index < -0.39 is 0 Å². The van der Waals surface area contributed by atoms with Crippen LogP contribution in [0, 0.1) is 0 Å². The zero-order chi connectivity index (χ0) is 12.8. The summed E-state index contributed by atoms with van der Waals surface area (Å²) in [7, 11) is 0. The highest BCUT2D eigenvalue weighted by Gasteiger charge is 2.08. The summed E-state index contributed by atoms with van der Waals surface area (Å²) in [6, 6.07) is 9.59. The maximum atomic E-state index is 8.97. The standard InChI is InChI=1S/C13H14N4O/c1-2-6-11(17-18)12-9-14-16-13(15-12)10-7-4-3-5-8-10/h3-5,7-9,18H,2,6H2,1H3/b17-11-. The lowest BCUT2D eigenvalue weighted by molar-refractivity contribution is 0.317. The van der Waals surface area contributed by atoms with Crippen molar-refractivity contribution in [3.05, 3.63) is 42.2 Å². The van der Waals surface area contributed by atoms with Gasteiger partial charge in [-0.1, -0.05) is 48.8 Å². The van der Waals surface area contributed by atoms with E-state index in [0.29, 0.717) is 23.7 Å². The average Bonchev–Trinajstić information content (AvgIpc) is 2.46. The highest BCUT2D eigenvalue weighted by Crippen LogP contribution is 2.13. The summed E-state index contributed by atoms with van der Waals surface area (Å²) >= 11 is 0. The van der Waals surface area contributed by atoms with Gasteiger partial charge in [-0.15, -0.1) is 5.10 Å². The Balaban J connectivity index is 2.36. The van der Waals surface area contributed by atoms with Gasteiger partial charge in [0, 0.05) is 5.56 Å². The molecule has 0 saturated carbocycles. The van der Waals surface area contributed by atoms with Gasteiger partial charge in [0.25, 0.3) is 0 Å². The van der Waals surface area contributed by atoms with E-state index in [4.69, 9.17) is 5.21 Å². The molecule has 92 valence electrons. The first-order valence-electron chi connectivity index (χ1n) is 5.81. The van der Waals surface area contributed by atoms with E-state index in [2.05, 4.69) is 20.3 Å². The third-order valence-electron chi connectivity index (χ3n) is 2.49. The van der Waals surface area contributed by atoms with Crippen LogP contribution in [0.2, 0.25) is 0 Å². The van der Waals surface area contributed by atoms with Crippen LogP contribution in [0.25, 0.3) is 11.4 Å². The van der Waals surface area contributed by atoms with E-state index in [9.17, 15) is 0 Å². The molecule has 2 aromatic rings. The summed E-state index contributed by atoms with van der Waals surface area (Å²) in [5.41, 5.74) is 1.98. The predicted octanol–water partition coefficient (Wildman–Crippen LogP) is 2.52. The lowest BCUT2D eigenvalue weighted by Gasteiger charge is -2.03. The highest BCUT2D eigenvalue weighted by atomic mass is 16.4. The topological polar surface area (TPSA) is 71.3 Å². The second-order valence-electron chi connectivity index (χ2n) is 3.83. The Kier molecular flexibility index (Phi) is 3.96. The van der Waals surface area contributed by atoms with Gasteiger partial charge in [0.05, 0.1) is 6.20 Å². The highest BCUT2D eigenvalue weighted by molar-refractivity contribution is 5.98. The van der Waals surface area contributed by atoms with E-state index in [1.807, 2.05) is 37.3 Å². The monoisotopic (exact) mass is 242 g/mol. The Morgan fingerprint density at radius 2 is 2.06 bits per heavy atom. The van der Waals surface area contributed by atoms with Crippen molar-refractivity contribution in [3.63, 3.8) is 0 Å². The summed E-state index contributed by atoms with van der Waals surface area (Å²) in [5, 5.41) is 20.1. The molecule has 0 fully saturated rings. The Labute approximate surface area is 105 Å². The first kappa shape index (κ1) is 12.2. The molecule has 0 aliphatic heterocycles. The maximum Gasteiger partial charge on any atom is 0.182 e. The zero-order valence-electron chi connectivity index (χ0n) is 10.1. The fourth-order valence-corrected chi connectivity index (χ4v) is 1.62. The molecule has 0 radical (unpaired) electrons. The molecule has 1 aromatic carbocycles.